The number of hydrogen-bond donors (Lipinski definition) is 1. The maximum Gasteiger partial charge on any atom is 0.349 e. The van der Waals surface area contributed by atoms with Gasteiger partial charge < -0.3 is 10.1 Å². The monoisotopic (exact) mass is 352 g/mol. The molecule has 0 atom stereocenters. The summed E-state index contributed by atoms with van der Waals surface area (Å²) in [4.78, 5) is 18.4. The van der Waals surface area contributed by atoms with Gasteiger partial charge in [-0.15, -0.1) is 0 Å². The molecule has 1 N–H and O–H groups in total. The Morgan fingerprint density at radius 2 is 2.24 bits per heavy atom. The van der Waals surface area contributed by atoms with Crippen molar-refractivity contribution in [3.63, 3.8) is 0 Å². The molecule has 1 aromatic heterocycles. The van der Waals surface area contributed by atoms with Gasteiger partial charge in [0.2, 0.25) is 5.95 Å². The molecule has 0 aliphatic heterocycles. The molecular weight excluding hydrogens is 340 g/mol. The van der Waals surface area contributed by atoms with Crippen molar-refractivity contribution in [1.82, 2.24) is 9.97 Å². The van der Waals surface area contributed by atoms with E-state index < -0.39 is 4.92 Å². The van der Waals surface area contributed by atoms with Crippen LogP contribution in [0.3, 0.4) is 0 Å². The highest BCUT2D eigenvalue weighted by Crippen LogP contribution is 2.34. The maximum absolute atomic E-state index is 11.0. The van der Waals surface area contributed by atoms with Gasteiger partial charge in [-0.1, -0.05) is 6.07 Å². The first kappa shape index (κ1) is 15.2. The highest BCUT2D eigenvalue weighted by Gasteiger charge is 2.20. The number of nitro groups is 1. The van der Waals surface area contributed by atoms with Crippen molar-refractivity contribution < 1.29 is 9.66 Å². The number of anilines is 1. The molecule has 8 heteroatoms. The van der Waals surface area contributed by atoms with Crippen LogP contribution in [0.4, 0.5) is 11.6 Å². The van der Waals surface area contributed by atoms with E-state index in [1.807, 2.05) is 26.0 Å². The third kappa shape index (κ3) is 3.66. The summed E-state index contributed by atoms with van der Waals surface area (Å²) in [5, 5.41) is 13.9. The highest BCUT2D eigenvalue weighted by molar-refractivity contribution is 9.10. The molecule has 0 bridgehead atoms. The lowest BCUT2D eigenvalue weighted by molar-refractivity contribution is -0.386. The predicted molar refractivity (Wildman–Crippen MR) is 81.8 cm³/mol. The standard InChI is InChI=1S/C13H13BrN4O3/c1-3-15-13-16-7-10(18(19)20)12(17-13)21-11-5-4-8(2)6-9(11)14/h4-7H,3H2,1-2H3,(H,15,16,17). The fourth-order valence-corrected chi connectivity index (χ4v) is 2.17. The largest absolute Gasteiger partial charge is 0.432 e. The average molecular weight is 353 g/mol. The summed E-state index contributed by atoms with van der Waals surface area (Å²) in [5.41, 5.74) is 0.754. The summed E-state index contributed by atoms with van der Waals surface area (Å²) in [6, 6.07) is 5.42. The minimum absolute atomic E-state index is 0.101. The summed E-state index contributed by atoms with van der Waals surface area (Å²) in [6.07, 6.45) is 1.13. The first-order valence-corrected chi connectivity index (χ1v) is 7.00. The van der Waals surface area contributed by atoms with E-state index >= 15 is 0 Å². The second-order valence-electron chi connectivity index (χ2n) is 4.21. The molecule has 0 unspecified atom stereocenters. The number of benzene rings is 1. The van der Waals surface area contributed by atoms with Crippen LogP contribution in [0.1, 0.15) is 12.5 Å². The maximum atomic E-state index is 11.0. The fraction of sp³-hybridized carbons (Fsp3) is 0.231. The number of nitrogens with one attached hydrogen (secondary N) is 1. The van der Waals surface area contributed by atoms with Gasteiger partial charge in [-0.3, -0.25) is 10.1 Å². The van der Waals surface area contributed by atoms with Gasteiger partial charge >= 0.3 is 11.6 Å². The summed E-state index contributed by atoms with van der Waals surface area (Å²) < 4.78 is 6.26. The van der Waals surface area contributed by atoms with E-state index in [9.17, 15) is 10.1 Å². The second kappa shape index (κ2) is 6.49. The quantitative estimate of drug-likeness (QED) is 0.651. The van der Waals surface area contributed by atoms with Crippen molar-refractivity contribution in [2.24, 2.45) is 0 Å². The van der Waals surface area contributed by atoms with Crippen LogP contribution in [0.2, 0.25) is 0 Å². The van der Waals surface area contributed by atoms with Crippen LogP contribution < -0.4 is 10.1 Å². The molecule has 0 amide bonds. The lowest BCUT2D eigenvalue weighted by Crippen LogP contribution is -2.05. The number of rotatable bonds is 5. The smallest absolute Gasteiger partial charge is 0.349 e. The molecule has 21 heavy (non-hydrogen) atoms. The number of aromatic nitrogens is 2. The third-order valence-corrected chi connectivity index (χ3v) is 3.18. The Morgan fingerprint density at radius 1 is 1.48 bits per heavy atom. The number of aryl methyl sites for hydroxylation is 1. The van der Waals surface area contributed by atoms with Crippen molar-refractivity contribution in [2.45, 2.75) is 13.8 Å². The average Bonchev–Trinajstić information content (AvgIpc) is 2.42. The molecule has 0 saturated carbocycles. The fourth-order valence-electron chi connectivity index (χ4n) is 1.60. The predicted octanol–water partition coefficient (Wildman–Crippen LogP) is 3.68. The zero-order chi connectivity index (χ0) is 15.4. The Morgan fingerprint density at radius 3 is 2.86 bits per heavy atom. The van der Waals surface area contributed by atoms with Gasteiger partial charge in [0.1, 0.15) is 11.9 Å². The Balaban J connectivity index is 2.40. The molecule has 7 nitrogen and oxygen atoms in total. The summed E-state index contributed by atoms with van der Waals surface area (Å²) in [5.74, 6) is 0.627. The van der Waals surface area contributed by atoms with Crippen molar-refractivity contribution >= 4 is 27.6 Å². The van der Waals surface area contributed by atoms with Crippen LogP contribution in [0, 0.1) is 17.0 Å². The van der Waals surface area contributed by atoms with Crippen LogP contribution in [0.25, 0.3) is 0 Å². The van der Waals surface area contributed by atoms with Crippen LogP contribution in [-0.2, 0) is 0 Å². The first-order valence-electron chi connectivity index (χ1n) is 6.20. The molecule has 0 saturated heterocycles. The van der Waals surface area contributed by atoms with Crippen molar-refractivity contribution in [3.05, 3.63) is 44.5 Å². The van der Waals surface area contributed by atoms with Gasteiger partial charge in [0, 0.05) is 6.54 Å². The molecule has 2 rings (SSSR count). The summed E-state index contributed by atoms with van der Waals surface area (Å²) >= 11 is 3.36. The first-order chi connectivity index (χ1) is 10.0. The molecule has 2 aromatic rings. The normalized spacial score (nSPS) is 10.2. The van der Waals surface area contributed by atoms with Gasteiger partial charge in [0.15, 0.2) is 0 Å². The molecule has 0 aliphatic carbocycles. The minimum atomic E-state index is -0.576. The Bertz CT molecular complexity index is 678. The number of halogens is 1. The van der Waals surface area contributed by atoms with Crippen molar-refractivity contribution in [3.8, 4) is 11.6 Å². The third-order valence-electron chi connectivity index (χ3n) is 2.56. The zero-order valence-electron chi connectivity index (χ0n) is 11.5. The molecule has 0 aliphatic rings. The van der Waals surface area contributed by atoms with Gasteiger partial charge in [-0.05, 0) is 47.5 Å². The van der Waals surface area contributed by atoms with E-state index in [-0.39, 0.29) is 17.5 Å². The van der Waals surface area contributed by atoms with Gasteiger partial charge in [-0.2, -0.15) is 4.98 Å². The van der Waals surface area contributed by atoms with E-state index in [0.29, 0.717) is 16.8 Å². The molecule has 0 spiro atoms. The van der Waals surface area contributed by atoms with Crippen LogP contribution in [0.15, 0.2) is 28.9 Å². The summed E-state index contributed by atoms with van der Waals surface area (Å²) in [6.45, 7) is 4.41. The van der Waals surface area contributed by atoms with E-state index in [2.05, 4.69) is 31.2 Å². The van der Waals surface area contributed by atoms with E-state index in [4.69, 9.17) is 4.74 Å². The van der Waals surface area contributed by atoms with Gasteiger partial charge in [0.05, 0.1) is 9.40 Å². The Kier molecular flexibility index (Phi) is 4.69. The number of hydrogen-bond acceptors (Lipinski definition) is 6. The van der Waals surface area contributed by atoms with Crippen molar-refractivity contribution in [2.75, 3.05) is 11.9 Å². The highest BCUT2D eigenvalue weighted by atomic mass is 79.9. The molecule has 1 aromatic carbocycles. The number of ether oxygens (including phenoxy) is 1. The Labute approximate surface area is 129 Å². The van der Waals surface area contributed by atoms with E-state index in [0.717, 1.165) is 11.8 Å². The topological polar surface area (TPSA) is 90.2 Å². The van der Waals surface area contributed by atoms with Crippen LogP contribution in [-0.4, -0.2) is 21.4 Å². The Hall–Kier alpha value is -2.22. The van der Waals surface area contributed by atoms with E-state index in [1.165, 1.54) is 0 Å². The van der Waals surface area contributed by atoms with Crippen LogP contribution >= 0.6 is 15.9 Å². The minimum Gasteiger partial charge on any atom is -0.432 e. The number of nitrogens with zero attached hydrogens (tertiary/aromatic N) is 3. The lowest BCUT2D eigenvalue weighted by Gasteiger charge is -2.09. The summed E-state index contributed by atoms with van der Waals surface area (Å²) in [7, 11) is 0. The zero-order valence-corrected chi connectivity index (χ0v) is 13.0. The van der Waals surface area contributed by atoms with E-state index in [1.54, 1.807) is 6.07 Å². The molecule has 110 valence electrons. The lowest BCUT2D eigenvalue weighted by atomic mass is 10.2. The van der Waals surface area contributed by atoms with Gasteiger partial charge in [0.25, 0.3) is 0 Å². The molecule has 1 heterocycles. The van der Waals surface area contributed by atoms with Crippen LogP contribution in [0.5, 0.6) is 11.6 Å². The molecule has 0 fully saturated rings. The van der Waals surface area contributed by atoms with Gasteiger partial charge in [-0.25, -0.2) is 4.98 Å². The molecule has 0 radical (unpaired) electrons. The SMILES string of the molecule is CCNc1ncc([N+](=O)[O-])c(Oc2ccc(C)cc2Br)n1. The van der Waals surface area contributed by atoms with Crippen molar-refractivity contribution in [1.29, 1.82) is 0 Å². The molecular formula is C13H13BrN4O3. The second-order valence-corrected chi connectivity index (χ2v) is 5.06.